The number of carbonyl (C=O) groups is 1. The molecule has 0 saturated carbocycles. The molecular formula is C8H7F2NO3. The van der Waals surface area contributed by atoms with E-state index in [0.717, 1.165) is 12.3 Å². The van der Waals surface area contributed by atoms with E-state index in [9.17, 15) is 18.4 Å². The lowest BCUT2D eigenvalue weighted by Gasteiger charge is -2.04. The number of rotatable bonds is 3. The van der Waals surface area contributed by atoms with Crippen molar-refractivity contribution in [3.05, 3.63) is 33.7 Å². The molecule has 0 spiro atoms. The summed E-state index contributed by atoms with van der Waals surface area (Å²) in [6.45, 7) is 0. The van der Waals surface area contributed by atoms with Crippen LogP contribution in [0.25, 0.3) is 0 Å². The number of H-pyrrole nitrogens is 1. The molecule has 76 valence electrons. The van der Waals surface area contributed by atoms with Crippen LogP contribution in [0.5, 0.6) is 0 Å². The van der Waals surface area contributed by atoms with Crippen LogP contribution in [0, 0.1) is 0 Å². The highest BCUT2D eigenvalue weighted by molar-refractivity contribution is 5.70. The van der Waals surface area contributed by atoms with Gasteiger partial charge in [0.15, 0.2) is 5.43 Å². The van der Waals surface area contributed by atoms with E-state index in [2.05, 4.69) is 4.98 Å². The van der Waals surface area contributed by atoms with Gasteiger partial charge in [0.2, 0.25) is 0 Å². The lowest BCUT2D eigenvalue weighted by molar-refractivity contribution is -0.136. The number of alkyl halides is 2. The van der Waals surface area contributed by atoms with Gasteiger partial charge in [-0.15, -0.1) is 0 Å². The number of carboxylic acids is 1. The first-order valence-corrected chi connectivity index (χ1v) is 3.72. The molecule has 4 nitrogen and oxygen atoms in total. The molecule has 6 heteroatoms. The van der Waals surface area contributed by atoms with Crippen molar-refractivity contribution in [3.8, 4) is 0 Å². The SMILES string of the molecule is O=C(O)Cc1c(C(F)F)[nH]ccc1=O. The fourth-order valence-electron chi connectivity index (χ4n) is 1.06. The van der Waals surface area contributed by atoms with Gasteiger partial charge in [-0.3, -0.25) is 9.59 Å². The largest absolute Gasteiger partial charge is 0.481 e. The summed E-state index contributed by atoms with van der Waals surface area (Å²) in [4.78, 5) is 23.5. The van der Waals surface area contributed by atoms with Crippen LogP contribution in [-0.4, -0.2) is 16.1 Å². The molecule has 1 heterocycles. The molecular weight excluding hydrogens is 196 g/mol. The fraction of sp³-hybridized carbons (Fsp3) is 0.250. The second-order valence-electron chi connectivity index (χ2n) is 2.61. The van der Waals surface area contributed by atoms with E-state index in [1.165, 1.54) is 0 Å². The smallest absolute Gasteiger partial charge is 0.308 e. The van der Waals surface area contributed by atoms with Crippen molar-refractivity contribution < 1.29 is 18.7 Å². The van der Waals surface area contributed by atoms with Gasteiger partial charge in [-0.05, 0) is 0 Å². The second-order valence-corrected chi connectivity index (χ2v) is 2.61. The molecule has 1 aromatic heterocycles. The van der Waals surface area contributed by atoms with Crippen molar-refractivity contribution in [2.75, 3.05) is 0 Å². The van der Waals surface area contributed by atoms with Crippen molar-refractivity contribution in [3.63, 3.8) is 0 Å². The monoisotopic (exact) mass is 203 g/mol. The van der Waals surface area contributed by atoms with E-state index in [1.807, 2.05) is 0 Å². The van der Waals surface area contributed by atoms with Gasteiger partial charge in [0, 0.05) is 17.8 Å². The van der Waals surface area contributed by atoms with E-state index < -0.39 is 35.5 Å². The summed E-state index contributed by atoms with van der Waals surface area (Å²) in [6, 6.07) is 1.02. The predicted molar refractivity (Wildman–Crippen MR) is 43.4 cm³/mol. The Bertz CT molecular complexity index is 400. The first kappa shape index (κ1) is 10.4. The van der Waals surface area contributed by atoms with Gasteiger partial charge < -0.3 is 10.1 Å². The molecule has 0 aliphatic heterocycles. The normalized spacial score (nSPS) is 10.5. The van der Waals surface area contributed by atoms with Crippen molar-refractivity contribution >= 4 is 5.97 Å². The Labute approximate surface area is 77.2 Å². The van der Waals surface area contributed by atoms with Crippen molar-refractivity contribution in [2.24, 2.45) is 0 Å². The van der Waals surface area contributed by atoms with Gasteiger partial charge in [-0.2, -0.15) is 0 Å². The fourth-order valence-corrected chi connectivity index (χ4v) is 1.06. The zero-order valence-corrected chi connectivity index (χ0v) is 6.96. The number of hydrogen-bond donors (Lipinski definition) is 2. The van der Waals surface area contributed by atoms with E-state index in [0.29, 0.717) is 0 Å². The van der Waals surface area contributed by atoms with Gasteiger partial charge >= 0.3 is 5.97 Å². The molecule has 2 N–H and O–H groups in total. The Kier molecular flexibility index (Phi) is 2.95. The lowest BCUT2D eigenvalue weighted by Crippen LogP contribution is -2.17. The third kappa shape index (κ3) is 2.15. The average molecular weight is 203 g/mol. The third-order valence-electron chi connectivity index (χ3n) is 1.64. The molecule has 0 saturated heterocycles. The minimum atomic E-state index is -2.88. The standard InChI is InChI=1S/C8H7F2NO3/c9-8(10)7-4(3-6(13)14)5(12)1-2-11-7/h1-2,8H,3H2,(H,11,12)(H,13,14). The third-order valence-corrected chi connectivity index (χ3v) is 1.64. The molecule has 0 aromatic carbocycles. The van der Waals surface area contributed by atoms with Gasteiger partial charge in [0.25, 0.3) is 6.43 Å². The minimum Gasteiger partial charge on any atom is -0.481 e. The molecule has 0 amide bonds. The molecule has 0 fully saturated rings. The first-order chi connectivity index (χ1) is 6.52. The highest BCUT2D eigenvalue weighted by Crippen LogP contribution is 2.18. The quantitative estimate of drug-likeness (QED) is 0.767. The molecule has 0 aliphatic carbocycles. The van der Waals surface area contributed by atoms with Crippen LogP contribution >= 0.6 is 0 Å². The summed E-state index contributed by atoms with van der Waals surface area (Å²) in [5, 5.41) is 8.40. The Morgan fingerprint density at radius 1 is 1.57 bits per heavy atom. The first-order valence-electron chi connectivity index (χ1n) is 3.72. The summed E-state index contributed by atoms with van der Waals surface area (Å²) < 4.78 is 24.6. The maximum Gasteiger partial charge on any atom is 0.308 e. The maximum atomic E-state index is 12.3. The van der Waals surface area contributed by atoms with E-state index >= 15 is 0 Å². The molecule has 0 aliphatic rings. The highest BCUT2D eigenvalue weighted by Gasteiger charge is 2.17. The zero-order chi connectivity index (χ0) is 10.7. The summed E-state index contributed by atoms with van der Waals surface area (Å²) in [5.41, 5.74) is -1.71. The number of pyridine rings is 1. The Morgan fingerprint density at radius 3 is 2.71 bits per heavy atom. The molecule has 1 rings (SSSR count). The number of halogens is 2. The predicted octanol–water partition coefficient (Wildman–Crippen LogP) is 0.940. The Morgan fingerprint density at radius 2 is 2.21 bits per heavy atom. The summed E-state index contributed by atoms with van der Waals surface area (Å²) >= 11 is 0. The lowest BCUT2D eigenvalue weighted by atomic mass is 10.1. The number of hydrogen-bond acceptors (Lipinski definition) is 2. The summed E-state index contributed by atoms with van der Waals surface area (Å²) in [7, 11) is 0. The number of carboxylic acid groups (broad SMARTS) is 1. The van der Waals surface area contributed by atoms with Gasteiger partial charge in [-0.25, -0.2) is 8.78 Å². The van der Waals surface area contributed by atoms with E-state index in [1.54, 1.807) is 0 Å². The van der Waals surface area contributed by atoms with Gasteiger partial charge in [-0.1, -0.05) is 0 Å². The van der Waals surface area contributed by atoms with Crippen LogP contribution < -0.4 is 5.43 Å². The Hall–Kier alpha value is -1.72. The van der Waals surface area contributed by atoms with Crippen molar-refractivity contribution in [1.82, 2.24) is 4.98 Å². The number of aromatic amines is 1. The maximum absolute atomic E-state index is 12.3. The van der Waals surface area contributed by atoms with Gasteiger partial charge in [0.1, 0.15) is 0 Å². The Balaban J connectivity index is 3.22. The number of aromatic nitrogens is 1. The van der Waals surface area contributed by atoms with Crippen LogP contribution in [0.1, 0.15) is 17.7 Å². The zero-order valence-electron chi connectivity index (χ0n) is 6.96. The number of aliphatic carboxylic acids is 1. The minimum absolute atomic E-state index is 0.394. The molecule has 0 unspecified atom stereocenters. The molecule has 0 radical (unpaired) electrons. The van der Waals surface area contributed by atoms with E-state index in [-0.39, 0.29) is 0 Å². The van der Waals surface area contributed by atoms with Crippen molar-refractivity contribution in [2.45, 2.75) is 12.8 Å². The summed E-state index contributed by atoms with van der Waals surface area (Å²) in [6.07, 6.45) is -2.51. The molecule has 0 bridgehead atoms. The van der Waals surface area contributed by atoms with Crippen molar-refractivity contribution in [1.29, 1.82) is 0 Å². The van der Waals surface area contributed by atoms with Crippen LogP contribution in [0.15, 0.2) is 17.1 Å². The molecule has 14 heavy (non-hydrogen) atoms. The molecule has 1 aromatic rings. The van der Waals surface area contributed by atoms with Crippen LogP contribution in [0.2, 0.25) is 0 Å². The highest BCUT2D eigenvalue weighted by atomic mass is 19.3. The van der Waals surface area contributed by atoms with Crippen LogP contribution in [0.3, 0.4) is 0 Å². The number of nitrogens with one attached hydrogen (secondary N) is 1. The average Bonchev–Trinajstić information content (AvgIpc) is 2.07. The van der Waals surface area contributed by atoms with Crippen LogP contribution in [-0.2, 0) is 11.2 Å². The topological polar surface area (TPSA) is 70.2 Å². The summed E-state index contributed by atoms with van der Waals surface area (Å²) in [5.74, 6) is -1.32. The van der Waals surface area contributed by atoms with E-state index in [4.69, 9.17) is 5.11 Å². The second kappa shape index (κ2) is 3.99. The molecule has 0 atom stereocenters. The van der Waals surface area contributed by atoms with Crippen LogP contribution in [0.4, 0.5) is 8.78 Å². The van der Waals surface area contributed by atoms with Gasteiger partial charge in [0.05, 0.1) is 12.1 Å².